The lowest BCUT2D eigenvalue weighted by molar-refractivity contribution is 0.0588. The number of anilines is 1. The number of benzene rings is 2. The molecule has 0 saturated heterocycles. The highest BCUT2D eigenvalue weighted by atomic mass is 16.6. The largest absolute Gasteiger partial charge is 0.497 e. The normalized spacial score (nSPS) is 11.4. The molecule has 2 aromatic carbocycles. The number of carbonyl (C=O) groups is 1. The summed E-state index contributed by atoms with van der Waals surface area (Å²) < 4.78 is 12.4. The van der Waals surface area contributed by atoms with Crippen LogP contribution in [-0.2, 0) is 11.3 Å². The Morgan fingerprint density at radius 1 is 1.17 bits per heavy atom. The van der Waals surface area contributed by atoms with E-state index in [-0.39, 0.29) is 0 Å². The molecule has 1 heterocycles. The molecular formula is C21H26BN3O5. The summed E-state index contributed by atoms with van der Waals surface area (Å²) in [6, 6.07) is 12.5. The topological polar surface area (TPSA) is 97.1 Å². The number of amides is 1. The Bertz CT molecular complexity index is 1040. The van der Waals surface area contributed by atoms with Gasteiger partial charge in [-0.25, -0.2) is 4.79 Å². The first kappa shape index (κ1) is 21.7. The van der Waals surface area contributed by atoms with E-state index in [1.807, 2.05) is 24.3 Å². The summed E-state index contributed by atoms with van der Waals surface area (Å²) in [6.45, 7) is 5.82. The second-order valence-corrected chi connectivity index (χ2v) is 8.02. The van der Waals surface area contributed by atoms with Gasteiger partial charge < -0.3 is 19.5 Å². The van der Waals surface area contributed by atoms with Crippen LogP contribution < -0.4 is 15.1 Å². The average Bonchev–Trinajstić information content (AvgIpc) is 3.04. The van der Waals surface area contributed by atoms with E-state index in [4.69, 9.17) is 9.47 Å². The van der Waals surface area contributed by atoms with E-state index in [0.717, 1.165) is 11.3 Å². The number of fused-ring (bicyclic) bond motifs is 1. The van der Waals surface area contributed by atoms with Crippen molar-refractivity contribution in [1.82, 2.24) is 9.78 Å². The maximum Gasteiger partial charge on any atom is 0.488 e. The van der Waals surface area contributed by atoms with Gasteiger partial charge in [0, 0.05) is 12.4 Å². The summed E-state index contributed by atoms with van der Waals surface area (Å²) in [7, 11) is 1.60. The zero-order valence-electron chi connectivity index (χ0n) is 17.8. The number of carbonyl (C=O) groups excluding carboxylic acids is 1. The van der Waals surface area contributed by atoms with Crippen molar-refractivity contribution in [3.8, 4) is 5.75 Å². The molecule has 3 aromatic rings. The lowest BCUT2D eigenvalue weighted by Gasteiger charge is -2.23. The highest BCUT2D eigenvalue weighted by molar-refractivity contribution is 6.58. The fraction of sp³-hybridized carbons (Fsp3) is 0.333. The molecule has 0 fully saturated rings. The lowest BCUT2D eigenvalue weighted by atomic mass is 9.80. The summed E-state index contributed by atoms with van der Waals surface area (Å²) in [6.07, 6.45) is -0.523. The van der Waals surface area contributed by atoms with Crippen molar-refractivity contribution >= 4 is 35.4 Å². The van der Waals surface area contributed by atoms with Crippen LogP contribution in [0.4, 0.5) is 10.6 Å². The predicted octanol–water partition coefficient (Wildman–Crippen LogP) is 2.14. The predicted molar refractivity (Wildman–Crippen MR) is 116 cm³/mol. The Kier molecular flexibility index (Phi) is 6.05. The first-order valence-electron chi connectivity index (χ1n) is 9.55. The van der Waals surface area contributed by atoms with Gasteiger partial charge in [-0.2, -0.15) is 5.10 Å². The third-order valence-corrected chi connectivity index (χ3v) is 4.53. The van der Waals surface area contributed by atoms with Crippen LogP contribution in [-0.4, -0.2) is 52.8 Å². The van der Waals surface area contributed by atoms with E-state index >= 15 is 0 Å². The van der Waals surface area contributed by atoms with E-state index in [1.165, 1.54) is 4.90 Å². The Balaban J connectivity index is 2.04. The van der Waals surface area contributed by atoms with Gasteiger partial charge in [0.25, 0.3) is 0 Å². The molecule has 0 saturated carbocycles. The van der Waals surface area contributed by atoms with E-state index in [9.17, 15) is 14.8 Å². The van der Waals surface area contributed by atoms with Crippen LogP contribution in [0, 0.1) is 0 Å². The average molecular weight is 411 g/mol. The van der Waals surface area contributed by atoms with Crippen LogP contribution >= 0.6 is 0 Å². The number of rotatable bonds is 5. The number of methoxy groups -OCH3 is 1. The lowest BCUT2D eigenvalue weighted by Crippen LogP contribution is -2.34. The fourth-order valence-electron chi connectivity index (χ4n) is 3.02. The molecule has 0 radical (unpaired) electrons. The van der Waals surface area contributed by atoms with Crippen LogP contribution in [0.2, 0.25) is 0 Å². The van der Waals surface area contributed by atoms with Crippen LogP contribution in [0.3, 0.4) is 0 Å². The first-order valence-corrected chi connectivity index (χ1v) is 9.55. The highest BCUT2D eigenvalue weighted by Gasteiger charge is 2.25. The molecule has 0 aliphatic rings. The zero-order chi connectivity index (χ0) is 22.1. The Morgan fingerprint density at radius 2 is 1.83 bits per heavy atom. The molecule has 3 rings (SSSR count). The fourth-order valence-corrected chi connectivity index (χ4v) is 3.02. The summed E-state index contributed by atoms with van der Waals surface area (Å²) in [4.78, 5) is 13.9. The number of nitrogens with zero attached hydrogens (tertiary/aromatic N) is 3. The molecule has 0 atom stereocenters. The van der Waals surface area contributed by atoms with Crippen LogP contribution in [0.1, 0.15) is 26.3 Å². The SMILES string of the molecule is COc1ccc(Cn2nc(N(C)C(=O)OC(C)(C)C)c3ccc(B(O)O)cc32)cc1. The van der Waals surface area contributed by atoms with Crippen molar-refractivity contribution in [3.05, 3.63) is 48.0 Å². The molecule has 158 valence electrons. The summed E-state index contributed by atoms with van der Waals surface area (Å²) in [5.41, 5.74) is 1.34. The quantitative estimate of drug-likeness (QED) is 0.625. The molecule has 0 spiro atoms. The molecule has 30 heavy (non-hydrogen) atoms. The molecule has 0 unspecified atom stereocenters. The molecular weight excluding hydrogens is 385 g/mol. The minimum absolute atomic E-state index is 0.338. The van der Waals surface area contributed by atoms with Gasteiger partial charge >= 0.3 is 13.2 Å². The van der Waals surface area contributed by atoms with Crippen molar-refractivity contribution in [2.75, 3.05) is 19.1 Å². The molecule has 9 heteroatoms. The van der Waals surface area contributed by atoms with Crippen LogP contribution in [0.5, 0.6) is 5.75 Å². The van der Waals surface area contributed by atoms with Crippen molar-refractivity contribution in [1.29, 1.82) is 0 Å². The minimum atomic E-state index is -1.61. The van der Waals surface area contributed by atoms with Gasteiger partial charge in [0.15, 0.2) is 5.82 Å². The van der Waals surface area contributed by atoms with Crippen LogP contribution in [0.15, 0.2) is 42.5 Å². The van der Waals surface area contributed by atoms with E-state index in [0.29, 0.717) is 28.7 Å². The van der Waals surface area contributed by atoms with E-state index < -0.39 is 18.8 Å². The van der Waals surface area contributed by atoms with Gasteiger partial charge in [0.05, 0.1) is 19.2 Å². The third-order valence-electron chi connectivity index (χ3n) is 4.53. The maximum atomic E-state index is 12.6. The van der Waals surface area contributed by atoms with Crippen molar-refractivity contribution in [2.45, 2.75) is 32.9 Å². The van der Waals surface area contributed by atoms with Crippen molar-refractivity contribution < 1.29 is 24.3 Å². The molecule has 0 aliphatic heterocycles. The third kappa shape index (κ3) is 4.75. The Morgan fingerprint density at radius 3 is 2.40 bits per heavy atom. The monoisotopic (exact) mass is 411 g/mol. The molecule has 1 amide bonds. The second kappa shape index (κ2) is 8.37. The highest BCUT2D eigenvalue weighted by Crippen LogP contribution is 2.27. The zero-order valence-corrected chi connectivity index (χ0v) is 17.8. The van der Waals surface area contributed by atoms with Gasteiger partial charge in [0.1, 0.15) is 11.4 Å². The molecule has 0 aliphatic carbocycles. The van der Waals surface area contributed by atoms with E-state index in [2.05, 4.69) is 5.10 Å². The smallest absolute Gasteiger partial charge is 0.488 e. The van der Waals surface area contributed by atoms with Gasteiger partial charge in [-0.15, -0.1) is 0 Å². The Labute approximate surface area is 175 Å². The molecule has 2 N–H and O–H groups in total. The molecule has 0 bridgehead atoms. The minimum Gasteiger partial charge on any atom is -0.497 e. The van der Waals surface area contributed by atoms with Crippen molar-refractivity contribution in [2.24, 2.45) is 0 Å². The van der Waals surface area contributed by atoms with Gasteiger partial charge in [-0.05, 0) is 56.1 Å². The van der Waals surface area contributed by atoms with Gasteiger partial charge in [0.2, 0.25) is 0 Å². The number of aromatic nitrogens is 2. The summed E-state index contributed by atoms with van der Waals surface area (Å²) >= 11 is 0. The summed E-state index contributed by atoms with van der Waals surface area (Å²) in [5, 5.41) is 24.5. The first-order chi connectivity index (χ1) is 14.1. The number of ether oxygens (including phenoxy) is 2. The van der Waals surface area contributed by atoms with E-state index in [1.54, 1.807) is 57.8 Å². The van der Waals surface area contributed by atoms with Gasteiger partial charge in [-0.1, -0.05) is 18.2 Å². The standard InChI is InChI=1S/C21H26BN3O5/c1-21(2,3)30-20(26)24(4)19-17-11-8-15(22(27)28)12-18(17)25(23-19)13-14-6-9-16(29-5)10-7-14/h6-12,27-28H,13H2,1-5H3. The Hall–Kier alpha value is -3.04. The molecule has 1 aromatic heterocycles. The summed E-state index contributed by atoms with van der Waals surface area (Å²) in [5.74, 6) is 1.17. The maximum absolute atomic E-state index is 12.6. The number of hydrogen-bond acceptors (Lipinski definition) is 6. The second-order valence-electron chi connectivity index (χ2n) is 8.02. The van der Waals surface area contributed by atoms with Crippen molar-refractivity contribution in [3.63, 3.8) is 0 Å². The van der Waals surface area contributed by atoms with Crippen LogP contribution in [0.25, 0.3) is 10.9 Å². The van der Waals surface area contributed by atoms with Gasteiger partial charge in [-0.3, -0.25) is 9.58 Å². The molecule has 8 nitrogen and oxygen atoms in total. The number of hydrogen-bond donors (Lipinski definition) is 2.